The average molecular weight is 482 g/mol. The zero-order valence-corrected chi connectivity index (χ0v) is 20.1. The molecule has 9 heteroatoms. The van der Waals surface area contributed by atoms with E-state index < -0.39 is 6.03 Å². The van der Waals surface area contributed by atoms with Gasteiger partial charge in [0, 0.05) is 57.6 Å². The summed E-state index contributed by atoms with van der Waals surface area (Å²) in [7, 11) is 1.90. The Hall–Kier alpha value is -4.24. The molecule has 0 atom stereocenters. The van der Waals surface area contributed by atoms with Gasteiger partial charge in [0.15, 0.2) is 0 Å². The second kappa shape index (κ2) is 9.09. The lowest BCUT2D eigenvalue weighted by Gasteiger charge is -2.26. The number of nitrogens with one attached hydrogen (secondary N) is 1. The molecule has 0 unspecified atom stereocenters. The quantitative estimate of drug-likeness (QED) is 0.457. The predicted molar refractivity (Wildman–Crippen MR) is 135 cm³/mol. The number of imidazole rings is 1. The minimum Gasteiger partial charge on any atom is -0.314 e. The van der Waals surface area contributed by atoms with Crippen LogP contribution in [0.5, 0.6) is 0 Å². The number of imide groups is 1. The summed E-state index contributed by atoms with van der Waals surface area (Å²) < 4.78 is 3.84. The average Bonchev–Trinajstić information content (AvgIpc) is 3.60. The third-order valence-corrected chi connectivity index (χ3v) is 6.88. The van der Waals surface area contributed by atoms with E-state index in [1.165, 1.54) is 22.3 Å². The summed E-state index contributed by atoms with van der Waals surface area (Å²) in [6, 6.07) is 16.8. The number of anilines is 1. The van der Waals surface area contributed by atoms with Crippen LogP contribution in [-0.4, -0.2) is 42.7 Å². The van der Waals surface area contributed by atoms with Crippen molar-refractivity contribution in [2.45, 2.75) is 32.6 Å². The standard InChI is InChI=1S/C27H27N7O2/c1-31-25(34-12-9-24(35)30-27(34)36)14-28-26(31)21-7-8-22-17-32(18-23(22)13-21)15-19-3-5-20(6-4-19)16-33-11-2-10-29-33/h2-8,10-11,13-14H,9,12,15-18H2,1H3,(H,30,35,36). The summed E-state index contributed by atoms with van der Waals surface area (Å²) >= 11 is 0. The molecule has 0 bridgehead atoms. The van der Waals surface area contributed by atoms with Gasteiger partial charge in [-0.25, -0.2) is 9.78 Å². The highest BCUT2D eigenvalue weighted by Crippen LogP contribution is 2.31. The Kier molecular flexibility index (Phi) is 5.61. The van der Waals surface area contributed by atoms with Gasteiger partial charge in [-0.05, 0) is 34.4 Å². The van der Waals surface area contributed by atoms with Crippen LogP contribution in [0.25, 0.3) is 11.4 Å². The van der Waals surface area contributed by atoms with Gasteiger partial charge >= 0.3 is 6.03 Å². The topological polar surface area (TPSA) is 88.3 Å². The van der Waals surface area contributed by atoms with Gasteiger partial charge in [-0.3, -0.25) is 24.6 Å². The third kappa shape index (κ3) is 4.29. The highest BCUT2D eigenvalue weighted by Gasteiger charge is 2.27. The van der Waals surface area contributed by atoms with E-state index in [1.54, 1.807) is 17.3 Å². The number of hydrogen-bond acceptors (Lipinski definition) is 5. The van der Waals surface area contributed by atoms with Gasteiger partial charge in [0.1, 0.15) is 11.6 Å². The van der Waals surface area contributed by atoms with E-state index >= 15 is 0 Å². The number of rotatable bonds is 6. The fraction of sp³-hybridized carbons (Fsp3) is 0.259. The molecule has 2 aromatic carbocycles. The highest BCUT2D eigenvalue weighted by molar-refractivity contribution is 6.05. The Labute approximate surface area is 209 Å². The number of aromatic nitrogens is 4. The molecule has 2 aliphatic heterocycles. The molecule has 1 fully saturated rings. The van der Waals surface area contributed by atoms with E-state index in [-0.39, 0.29) is 12.3 Å². The van der Waals surface area contributed by atoms with Crippen LogP contribution in [-0.2, 0) is 38.0 Å². The second-order valence-corrected chi connectivity index (χ2v) is 9.40. The van der Waals surface area contributed by atoms with Crippen LogP contribution in [0, 0.1) is 0 Å². The van der Waals surface area contributed by atoms with Crippen LogP contribution in [0.1, 0.15) is 28.7 Å². The van der Waals surface area contributed by atoms with Crippen molar-refractivity contribution < 1.29 is 9.59 Å². The number of urea groups is 1. The van der Waals surface area contributed by atoms with Crippen LogP contribution in [0.4, 0.5) is 10.6 Å². The maximum atomic E-state index is 12.3. The molecule has 9 nitrogen and oxygen atoms in total. The second-order valence-electron chi connectivity index (χ2n) is 9.40. The molecule has 1 saturated heterocycles. The maximum Gasteiger partial charge on any atom is 0.329 e. The number of carbonyl (C=O) groups is 2. The Bertz CT molecular complexity index is 1420. The van der Waals surface area contributed by atoms with Gasteiger partial charge in [-0.2, -0.15) is 5.10 Å². The number of nitrogens with zero attached hydrogens (tertiary/aromatic N) is 6. The first-order valence-electron chi connectivity index (χ1n) is 12.1. The number of hydrogen-bond donors (Lipinski definition) is 1. The van der Waals surface area contributed by atoms with Crippen molar-refractivity contribution in [3.8, 4) is 11.4 Å². The fourth-order valence-electron chi connectivity index (χ4n) is 5.01. The molecule has 3 amide bonds. The van der Waals surface area contributed by atoms with Crippen LogP contribution < -0.4 is 10.2 Å². The smallest absolute Gasteiger partial charge is 0.314 e. The molecule has 0 aliphatic carbocycles. The summed E-state index contributed by atoms with van der Waals surface area (Å²) in [5.74, 6) is 1.23. The van der Waals surface area contributed by atoms with E-state index in [0.29, 0.717) is 12.4 Å². The molecule has 2 aromatic heterocycles. The number of amides is 3. The SMILES string of the molecule is Cn1c(N2CCC(=O)NC2=O)cnc1-c1ccc2c(c1)CN(Cc1ccc(Cn3cccn3)cc1)C2. The molecule has 4 aromatic rings. The summed E-state index contributed by atoms with van der Waals surface area (Å²) in [5.41, 5.74) is 6.17. The first-order valence-corrected chi connectivity index (χ1v) is 12.1. The van der Waals surface area contributed by atoms with E-state index in [2.05, 4.69) is 62.8 Å². The number of fused-ring (bicyclic) bond motifs is 1. The van der Waals surface area contributed by atoms with E-state index in [0.717, 1.165) is 37.6 Å². The summed E-state index contributed by atoms with van der Waals surface area (Å²) in [4.78, 5) is 32.4. The van der Waals surface area contributed by atoms with Crippen molar-refractivity contribution in [2.75, 3.05) is 11.4 Å². The molecule has 0 spiro atoms. The van der Waals surface area contributed by atoms with Crippen molar-refractivity contribution in [3.05, 3.63) is 89.4 Å². The molecule has 36 heavy (non-hydrogen) atoms. The monoisotopic (exact) mass is 481 g/mol. The lowest BCUT2D eigenvalue weighted by molar-refractivity contribution is -0.120. The van der Waals surface area contributed by atoms with Gasteiger partial charge in [0.2, 0.25) is 5.91 Å². The summed E-state index contributed by atoms with van der Waals surface area (Å²) in [6.45, 7) is 3.82. The first-order chi connectivity index (χ1) is 17.5. The fourth-order valence-corrected chi connectivity index (χ4v) is 5.01. The van der Waals surface area contributed by atoms with Crippen molar-refractivity contribution in [2.24, 2.45) is 7.05 Å². The lowest BCUT2D eigenvalue weighted by atomic mass is 10.1. The minimum atomic E-state index is -0.403. The van der Waals surface area contributed by atoms with Gasteiger partial charge in [0.05, 0.1) is 12.7 Å². The third-order valence-electron chi connectivity index (χ3n) is 6.88. The molecule has 182 valence electrons. The van der Waals surface area contributed by atoms with Crippen molar-refractivity contribution in [3.63, 3.8) is 0 Å². The lowest BCUT2D eigenvalue weighted by Crippen LogP contribution is -2.50. The molecular formula is C27H27N7O2. The Balaban J connectivity index is 1.14. The summed E-state index contributed by atoms with van der Waals surface area (Å²) in [6.07, 6.45) is 5.75. The molecule has 0 radical (unpaired) electrons. The van der Waals surface area contributed by atoms with Gasteiger partial charge < -0.3 is 4.57 Å². The van der Waals surface area contributed by atoms with E-state index in [9.17, 15) is 9.59 Å². The van der Waals surface area contributed by atoms with Gasteiger partial charge in [-0.1, -0.05) is 36.4 Å². The van der Waals surface area contributed by atoms with E-state index in [1.807, 2.05) is 28.6 Å². The van der Waals surface area contributed by atoms with Gasteiger partial charge in [-0.15, -0.1) is 0 Å². The Morgan fingerprint density at radius 1 is 0.972 bits per heavy atom. The van der Waals surface area contributed by atoms with Crippen molar-refractivity contribution in [1.29, 1.82) is 0 Å². The summed E-state index contributed by atoms with van der Waals surface area (Å²) in [5, 5.41) is 6.65. The van der Waals surface area contributed by atoms with E-state index in [4.69, 9.17) is 0 Å². The molecular weight excluding hydrogens is 454 g/mol. The van der Waals surface area contributed by atoms with Crippen LogP contribution in [0.15, 0.2) is 67.1 Å². The normalized spacial score (nSPS) is 15.9. The van der Waals surface area contributed by atoms with Crippen LogP contribution in [0.2, 0.25) is 0 Å². The molecule has 1 N–H and O–H groups in total. The molecule has 4 heterocycles. The largest absolute Gasteiger partial charge is 0.329 e. The van der Waals surface area contributed by atoms with Crippen LogP contribution in [0.3, 0.4) is 0 Å². The Morgan fingerprint density at radius 3 is 2.50 bits per heavy atom. The van der Waals surface area contributed by atoms with Crippen molar-refractivity contribution >= 4 is 17.8 Å². The highest BCUT2D eigenvalue weighted by atomic mass is 16.2. The Morgan fingerprint density at radius 2 is 1.75 bits per heavy atom. The molecule has 0 saturated carbocycles. The number of benzene rings is 2. The molecule has 2 aliphatic rings. The zero-order chi connectivity index (χ0) is 24.6. The van der Waals surface area contributed by atoms with Crippen LogP contribution >= 0.6 is 0 Å². The predicted octanol–water partition coefficient (Wildman–Crippen LogP) is 3.29. The van der Waals surface area contributed by atoms with Gasteiger partial charge in [0.25, 0.3) is 0 Å². The van der Waals surface area contributed by atoms with Crippen molar-refractivity contribution in [1.82, 2.24) is 29.5 Å². The zero-order valence-electron chi connectivity index (χ0n) is 20.1. The minimum absolute atomic E-state index is 0.244. The molecule has 6 rings (SSSR count). The number of carbonyl (C=O) groups excluding carboxylic acids is 2. The maximum absolute atomic E-state index is 12.3. The first kappa shape index (κ1) is 22.2.